The van der Waals surface area contributed by atoms with Crippen LogP contribution in [0.15, 0.2) is 72.9 Å². The number of rotatable bonds is 45. The third-order valence-corrected chi connectivity index (χ3v) is 10.7. The molecule has 0 aromatic carbocycles. The van der Waals surface area contributed by atoms with Gasteiger partial charge in [0, 0.05) is 19.3 Å². The van der Waals surface area contributed by atoms with Crippen LogP contribution in [0.5, 0.6) is 0 Å². The van der Waals surface area contributed by atoms with Crippen LogP contribution in [0.4, 0.5) is 0 Å². The number of hydrogen-bond donors (Lipinski definition) is 0. The van der Waals surface area contributed by atoms with Crippen LogP contribution in [0.3, 0.4) is 0 Å². The topological polar surface area (TPSA) is 78.9 Å². The molecule has 1 atom stereocenters. The highest BCUT2D eigenvalue weighted by atomic mass is 16.6. The Balaban J connectivity index is 4.46. The van der Waals surface area contributed by atoms with Crippen LogP contribution < -0.4 is 0 Å². The molecular formula is C55H94O6. The molecule has 6 heteroatoms. The summed E-state index contributed by atoms with van der Waals surface area (Å²) in [4.78, 5) is 37.9. The van der Waals surface area contributed by atoms with Crippen molar-refractivity contribution >= 4 is 17.9 Å². The number of esters is 3. The first-order valence-electron chi connectivity index (χ1n) is 25.4. The smallest absolute Gasteiger partial charge is 0.306 e. The Morgan fingerprint density at radius 3 is 1.07 bits per heavy atom. The van der Waals surface area contributed by atoms with Gasteiger partial charge in [-0.05, 0) is 89.9 Å². The van der Waals surface area contributed by atoms with Crippen LogP contribution in [0.2, 0.25) is 0 Å². The summed E-state index contributed by atoms with van der Waals surface area (Å²) in [5.41, 5.74) is 0. The quantitative estimate of drug-likeness (QED) is 0.0263. The van der Waals surface area contributed by atoms with Gasteiger partial charge in [0.05, 0.1) is 0 Å². The lowest BCUT2D eigenvalue weighted by atomic mass is 10.0. The molecule has 0 aromatic heterocycles. The molecule has 0 spiro atoms. The van der Waals surface area contributed by atoms with E-state index in [0.717, 1.165) is 109 Å². The predicted molar refractivity (Wildman–Crippen MR) is 261 cm³/mol. The van der Waals surface area contributed by atoms with Crippen molar-refractivity contribution in [1.29, 1.82) is 0 Å². The zero-order valence-electron chi connectivity index (χ0n) is 39.9. The number of hydrogen-bond acceptors (Lipinski definition) is 6. The lowest BCUT2D eigenvalue weighted by molar-refractivity contribution is -0.167. The Morgan fingerprint density at radius 2 is 0.639 bits per heavy atom. The zero-order chi connectivity index (χ0) is 44.4. The molecule has 0 fully saturated rings. The van der Waals surface area contributed by atoms with Crippen molar-refractivity contribution in [3.05, 3.63) is 72.9 Å². The van der Waals surface area contributed by atoms with E-state index >= 15 is 0 Å². The summed E-state index contributed by atoms with van der Waals surface area (Å²) in [7, 11) is 0. The molecule has 0 amide bonds. The Bertz CT molecular complexity index is 1160. The summed E-state index contributed by atoms with van der Waals surface area (Å²) >= 11 is 0. The monoisotopic (exact) mass is 851 g/mol. The van der Waals surface area contributed by atoms with Crippen LogP contribution in [0.1, 0.15) is 239 Å². The molecule has 0 radical (unpaired) electrons. The SMILES string of the molecule is CC/C=C\C/C=C\C/C=C\C/C=C\CCCCC(=O)OC[C@H](COC(=O)CCCCCCC/C=C\C/C=C\CCCCC)OC(=O)CCCCCCCCCCCCCCC. The molecule has 0 saturated heterocycles. The summed E-state index contributed by atoms with van der Waals surface area (Å²) in [6.45, 7) is 6.45. The van der Waals surface area contributed by atoms with Crippen molar-refractivity contribution < 1.29 is 28.6 Å². The summed E-state index contributed by atoms with van der Waals surface area (Å²) in [6.07, 6.45) is 61.7. The van der Waals surface area contributed by atoms with E-state index in [1.807, 2.05) is 0 Å². The first-order chi connectivity index (χ1) is 30.0. The maximum absolute atomic E-state index is 12.8. The van der Waals surface area contributed by atoms with Gasteiger partial charge in [0.1, 0.15) is 13.2 Å². The van der Waals surface area contributed by atoms with Crippen LogP contribution in [-0.2, 0) is 28.6 Å². The highest BCUT2D eigenvalue weighted by Crippen LogP contribution is 2.14. The Labute approximate surface area is 376 Å². The first-order valence-corrected chi connectivity index (χ1v) is 25.4. The van der Waals surface area contributed by atoms with Gasteiger partial charge in [-0.25, -0.2) is 0 Å². The zero-order valence-corrected chi connectivity index (χ0v) is 39.9. The fraction of sp³-hybridized carbons (Fsp3) is 0.727. The summed E-state index contributed by atoms with van der Waals surface area (Å²) < 4.78 is 16.7. The van der Waals surface area contributed by atoms with Gasteiger partial charge in [0.25, 0.3) is 0 Å². The van der Waals surface area contributed by atoms with E-state index in [4.69, 9.17) is 14.2 Å². The van der Waals surface area contributed by atoms with E-state index in [-0.39, 0.29) is 31.1 Å². The molecular weight excluding hydrogens is 757 g/mol. The first kappa shape index (κ1) is 57.9. The van der Waals surface area contributed by atoms with Crippen LogP contribution in [0, 0.1) is 0 Å². The Morgan fingerprint density at radius 1 is 0.344 bits per heavy atom. The maximum Gasteiger partial charge on any atom is 0.306 e. The second kappa shape index (κ2) is 49.5. The molecule has 6 nitrogen and oxygen atoms in total. The standard InChI is InChI=1S/C55H94O6/c1-4-7-10-13-16-19-22-25-27-30-32-35-38-41-44-47-53(56)59-50-52(61-55(58)49-46-43-40-37-34-29-24-21-18-15-12-9-6-3)51-60-54(57)48-45-42-39-36-33-31-28-26-23-20-17-14-11-8-5-2/h7,10,16-17,19-20,25-28,32,35,52H,4-6,8-9,11-15,18,21-24,29-31,33-34,36-51H2,1-3H3/b10-7-,19-16-,20-17-,27-25-,28-26-,35-32-/t52-/m1/s1. The van der Waals surface area contributed by atoms with Crippen molar-refractivity contribution in [3.8, 4) is 0 Å². The number of carbonyl (C=O) groups excluding carboxylic acids is 3. The van der Waals surface area contributed by atoms with Crippen LogP contribution in [-0.4, -0.2) is 37.2 Å². The third-order valence-electron chi connectivity index (χ3n) is 10.7. The Kier molecular flexibility index (Phi) is 46.9. The fourth-order valence-electron chi connectivity index (χ4n) is 6.87. The second-order valence-electron chi connectivity index (χ2n) is 16.7. The molecule has 0 heterocycles. The van der Waals surface area contributed by atoms with Gasteiger partial charge in [-0.1, -0.05) is 203 Å². The number of carbonyl (C=O) groups is 3. The van der Waals surface area contributed by atoms with Gasteiger partial charge in [0.15, 0.2) is 6.10 Å². The lowest BCUT2D eigenvalue weighted by Crippen LogP contribution is -2.30. The average molecular weight is 851 g/mol. The van der Waals surface area contributed by atoms with Crippen LogP contribution >= 0.6 is 0 Å². The minimum absolute atomic E-state index is 0.0947. The van der Waals surface area contributed by atoms with Gasteiger partial charge >= 0.3 is 17.9 Å². The van der Waals surface area contributed by atoms with Gasteiger partial charge in [-0.3, -0.25) is 14.4 Å². The van der Waals surface area contributed by atoms with Crippen molar-refractivity contribution in [1.82, 2.24) is 0 Å². The van der Waals surface area contributed by atoms with Gasteiger partial charge in [-0.2, -0.15) is 0 Å². The van der Waals surface area contributed by atoms with Crippen molar-refractivity contribution in [3.63, 3.8) is 0 Å². The van der Waals surface area contributed by atoms with Crippen molar-refractivity contribution in [2.24, 2.45) is 0 Å². The average Bonchev–Trinajstić information content (AvgIpc) is 3.26. The molecule has 0 saturated carbocycles. The van der Waals surface area contributed by atoms with E-state index in [9.17, 15) is 14.4 Å². The summed E-state index contributed by atoms with van der Waals surface area (Å²) in [5, 5.41) is 0. The molecule has 0 rings (SSSR count). The molecule has 61 heavy (non-hydrogen) atoms. The molecule has 0 bridgehead atoms. The molecule has 0 N–H and O–H groups in total. The fourth-order valence-corrected chi connectivity index (χ4v) is 6.87. The van der Waals surface area contributed by atoms with E-state index in [0.29, 0.717) is 19.3 Å². The summed E-state index contributed by atoms with van der Waals surface area (Å²) in [6, 6.07) is 0. The summed E-state index contributed by atoms with van der Waals surface area (Å²) in [5.74, 6) is -0.948. The number of allylic oxidation sites excluding steroid dienone is 12. The minimum Gasteiger partial charge on any atom is -0.462 e. The Hall–Kier alpha value is -3.15. The minimum atomic E-state index is -0.795. The number of unbranched alkanes of at least 4 members (excludes halogenated alkanes) is 22. The highest BCUT2D eigenvalue weighted by Gasteiger charge is 2.19. The van der Waals surface area contributed by atoms with E-state index in [1.54, 1.807) is 0 Å². The van der Waals surface area contributed by atoms with E-state index < -0.39 is 6.10 Å². The molecule has 0 aliphatic carbocycles. The van der Waals surface area contributed by atoms with Crippen molar-refractivity contribution in [2.75, 3.05) is 13.2 Å². The van der Waals surface area contributed by atoms with Crippen molar-refractivity contribution in [2.45, 2.75) is 245 Å². The molecule has 0 aliphatic rings. The molecule has 0 aromatic rings. The largest absolute Gasteiger partial charge is 0.462 e. The van der Waals surface area contributed by atoms with Gasteiger partial charge in [0.2, 0.25) is 0 Å². The predicted octanol–water partition coefficient (Wildman–Crippen LogP) is 16.6. The van der Waals surface area contributed by atoms with E-state index in [1.165, 1.54) is 89.9 Å². The molecule has 350 valence electrons. The molecule has 0 aliphatic heterocycles. The lowest BCUT2D eigenvalue weighted by Gasteiger charge is -2.18. The van der Waals surface area contributed by atoms with Gasteiger partial charge < -0.3 is 14.2 Å². The van der Waals surface area contributed by atoms with Crippen LogP contribution in [0.25, 0.3) is 0 Å². The third kappa shape index (κ3) is 47.7. The molecule has 0 unspecified atom stereocenters. The van der Waals surface area contributed by atoms with E-state index in [2.05, 4.69) is 93.7 Å². The highest BCUT2D eigenvalue weighted by molar-refractivity contribution is 5.71. The maximum atomic E-state index is 12.8. The van der Waals surface area contributed by atoms with Gasteiger partial charge in [-0.15, -0.1) is 0 Å². The number of ether oxygens (including phenoxy) is 3. The normalized spacial score (nSPS) is 12.6. The second-order valence-corrected chi connectivity index (χ2v) is 16.7.